The van der Waals surface area contributed by atoms with E-state index in [9.17, 15) is 19.2 Å². The summed E-state index contributed by atoms with van der Waals surface area (Å²) in [6, 6.07) is 21.4. The first-order chi connectivity index (χ1) is 38.5. The summed E-state index contributed by atoms with van der Waals surface area (Å²) in [4.78, 5) is 54.4. The summed E-state index contributed by atoms with van der Waals surface area (Å²) in [6.45, 7) is 30.5. The molecule has 2 aromatic carbocycles. The van der Waals surface area contributed by atoms with E-state index >= 15 is 0 Å². The minimum Gasteiger partial charge on any atom is -0.477 e. The fourth-order valence-corrected chi connectivity index (χ4v) is 14.8. The van der Waals surface area contributed by atoms with Crippen LogP contribution in [0, 0.1) is 70.2 Å². The third-order valence-electron chi connectivity index (χ3n) is 19.7. The van der Waals surface area contributed by atoms with E-state index in [2.05, 4.69) is 91.9 Å². The van der Waals surface area contributed by atoms with Gasteiger partial charge in [-0.15, -0.1) is 0 Å². The molecule has 16 nitrogen and oxygen atoms in total. The van der Waals surface area contributed by atoms with Crippen LogP contribution >= 0.6 is 0 Å². The highest BCUT2D eigenvalue weighted by Crippen LogP contribution is 2.67. The van der Waals surface area contributed by atoms with Crippen molar-refractivity contribution >= 4 is 38.2 Å². The largest absolute Gasteiger partial charge is 0.482 e. The number of carbonyl (C=O) groups is 4. The molecule has 7 aliphatic carbocycles. The molecule has 7 saturated carbocycles. The molecule has 81 heavy (non-hydrogen) atoms. The predicted octanol–water partition coefficient (Wildman–Crippen LogP) is 10.1. The predicted molar refractivity (Wildman–Crippen MR) is 314 cm³/mol. The Labute approximate surface area is 482 Å². The minimum absolute atomic E-state index is 0.0333. The Bertz CT molecular complexity index is 2690. The van der Waals surface area contributed by atoms with Crippen LogP contribution in [-0.2, 0) is 41.0 Å². The van der Waals surface area contributed by atoms with Gasteiger partial charge in [-0.2, -0.15) is 5.26 Å². The Balaban J connectivity index is 0.000000186. The van der Waals surface area contributed by atoms with Crippen molar-refractivity contribution in [3.63, 3.8) is 0 Å². The van der Waals surface area contributed by atoms with Gasteiger partial charge in [0.25, 0.3) is 5.91 Å². The number of carbonyl (C=O) groups excluding carboxylic acids is 3. The van der Waals surface area contributed by atoms with Crippen molar-refractivity contribution in [1.82, 2.24) is 26.2 Å². The van der Waals surface area contributed by atoms with Crippen LogP contribution in [-0.4, -0.2) is 109 Å². The average Bonchev–Trinajstić information content (AvgIpc) is 2.06. The normalized spacial score (nSPS) is 30.1. The fourth-order valence-electron chi connectivity index (χ4n) is 14.8. The number of rotatable bonds is 16. The first-order valence-corrected chi connectivity index (χ1v) is 30.0. The number of carboxylic acid groups (broad SMARTS) is 1. The van der Waals surface area contributed by atoms with Crippen molar-refractivity contribution in [2.45, 2.75) is 188 Å². The Morgan fingerprint density at radius 2 is 1.19 bits per heavy atom. The van der Waals surface area contributed by atoms with Crippen LogP contribution in [0.4, 0.5) is 9.59 Å². The van der Waals surface area contributed by atoms with Crippen LogP contribution in [0.5, 0.6) is 0 Å². The number of likely N-dealkylation sites (tertiary alicyclic amines) is 1. The number of benzene rings is 2. The second-order valence-electron chi connectivity index (χ2n) is 26.6. The first kappa shape index (κ1) is 61.4. The summed E-state index contributed by atoms with van der Waals surface area (Å²) >= 11 is 0. The van der Waals surface area contributed by atoms with Gasteiger partial charge in [-0.3, -0.25) is 4.79 Å². The first-order valence-electron chi connectivity index (χ1n) is 30.0. The molecule has 436 valence electrons. The highest BCUT2D eigenvalue weighted by molar-refractivity contribution is 6.48. The monoisotopic (exact) mass is 1110 g/mol. The lowest BCUT2D eigenvalue weighted by atomic mass is 9.43. The molecule has 0 unspecified atom stereocenters. The molecule has 5 amide bonds. The van der Waals surface area contributed by atoms with Gasteiger partial charge in [-0.25, -0.2) is 19.2 Å². The van der Waals surface area contributed by atoms with E-state index in [-0.39, 0.29) is 87.8 Å². The Morgan fingerprint density at radius 1 is 0.716 bits per heavy atom. The molecule has 12 rings (SSSR count). The number of hydrogen-bond acceptors (Lipinski definition) is 9. The van der Waals surface area contributed by atoms with Crippen molar-refractivity contribution in [1.29, 1.82) is 5.26 Å². The van der Waals surface area contributed by atoms with E-state index in [1.165, 1.54) is 50.2 Å². The third kappa shape index (κ3) is 13.9. The Hall–Kier alpha value is -5.65. The van der Waals surface area contributed by atoms with Gasteiger partial charge in [0, 0.05) is 25.7 Å². The number of carboxylic acids is 1. The van der Waals surface area contributed by atoms with E-state index in [0.717, 1.165) is 37.8 Å². The third-order valence-corrected chi connectivity index (χ3v) is 19.7. The molecule has 0 aromatic heterocycles. The highest BCUT2D eigenvalue weighted by Gasteiger charge is 2.70. The van der Waals surface area contributed by atoms with Crippen molar-refractivity contribution in [3.05, 3.63) is 107 Å². The van der Waals surface area contributed by atoms with Crippen molar-refractivity contribution in [2.24, 2.45) is 52.3 Å². The smallest absolute Gasteiger partial charge is 0.477 e. The molecular weight excluding hydrogens is 1020 g/mol. The number of urea groups is 2. The topological polar surface area (TPSA) is 205 Å². The number of nitrogens with zero attached hydrogens (tertiary/aromatic N) is 3. The SMILES string of the molecule is CC(C)C=C(C#N)C(=O)O.CC1(C)[C@@H]2C[C@H]3OB([C@H](Cc4ccccc4)NC(=O)NCC4CCCC4)O[C@@]3(C)[C@H]1C2.[C-]#[N+]C(=CC(C)C)C(=O)N1CCC[C@H]1CNC(=O)N[C@@H](Cc1ccccc1)B1O[C@@H]2C[C@@H]3C[C@@H](C3(C)C)[C@]2(C)O1. The molecule has 18 heteroatoms. The molecule has 0 radical (unpaired) electrons. The second-order valence-corrected chi connectivity index (χ2v) is 26.6. The summed E-state index contributed by atoms with van der Waals surface area (Å²) in [6.07, 6.45) is 15.7. The molecule has 11 atom stereocenters. The van der Waals surface area contributed by atoms with Crippen LogP contribution in [0.1, 0.15) is 145 Å². The van der Waals surface area contributed by atoms with Gasteiger partial charge in [0.05, 0.1) is 41.9 Å². The summed E-state index contributed by atoms with van der Waals surface area (Å²) in [7, 11) is -0.953. The molecule has 3 heterocycles. The molecule has 3 aliphatic heterocycles. The number of nitriles is 1. The number of allylic oxidation sites excluding steroid dienone is 2. The minimum atomic E-state index is -1.16. The zero-order valence-corrected chi connectivity index (χ0v) is 49.7. The van der Waals surface area contributed by atoms with Gasteiger partial charge in [0.2, 0.25) is 5.70 Å². The lowest BCUT2D eigenvalue weighted by Gasteiger charge is -2.64. The molecule has 4 bridgehead atoms. The number of nitrogens with one attached hydrogen (secondary N) is 4. The van der Waals surface area contributed by atoms with E-state index < -0.39 is 20.2 Å². The van der Waals surface area contributed by atoms with Crippen molar-refractivity contribution < 1.29 is 42.9 Å². The van der Waals surface area contributed by atoms with Gasteiger partial charge in [-0.05, 0) is 141 Å². The molecule has 10 fully saturated rings. The van der Waals surface area contributed by atoms with Crippen LogP contribution < -0.4 is 21.3 Å². The average molecular weight is 1110 g/mol. The van der Waals surface area contributed by atoms with Gasteiger partial charge < -0.3 is 49.9 Å². The molecule has 0 spiro atoms. The summed E-state index contributed by atoms with van der Waals surface area (Å²) in [5.74, 6) is 1.17. The molecular formula is C63H89B2N7O9. The summed E-state index contributed by atoms with van der Waals surface area (Å²) in [5.41, 5.74) is 2.18. The Kier molecular flexibility index (Phi) is 19.6. The molecule has 5 N–H and O–H groups in total. The van der Waals surface area contributed by atoms with E-state index in [4.69, 9.17) is 35.6 Å². The Morgan fingerprint density at radius 3 is 1.59 bits per heavy atom. The van der Waals surface area contributed by atoms with Crippen molar-refractivity contribution in [2.75, 3.05) is 19.6 Å². The maximum absolute atomic E-state index is 13.2. The molecule has 10 aliphatic rings. The van der Waals surface area contributed by atoms with E-state index in [0.29, 0.717) is 60.9 Å². The summed E-state index contributed by atoms with van der Waals surface area (Å²) in [5, 5.41) is 29.0. The zero-order valence-electron chi connectivity index (χ0n) is 49.7. The number of hydrogen-bond donors (Lipinski definition) is 5. The maximum atomic E-state index is 13.2. The highest BCUT2D eigenvalue weighted by atomic mass is 16.7. The molecule has 2 aromatic rings. The van der Waals surface area contributed by atoms with Crippen LogP contribution in [0.15, 0.2) is 84.1 Å². The number of amides is 5. The quantitative estimate of drug-likeness (QED) is 0.0466. The lowest BCUT2D eigenvalue weighted by molar-refractivity contribution is -0.199. The van der Waals surface area contributed by atoms with Crippen LogP contribution in [0.3, 0.4) is 0 Å². The number of aliphatic carboxylic acids is 1. The standard InChI is InChI=1S/C31H43BN4O4.C25H37BN2O3.C7H9NO2/c1-20(2)15-24(33-6)28(37)36-14-10-13-23(36)19-34-29(38)35-27(16-21-11-8-7-9-12-21)32-39-26-18-22-17-25(30(22,3)4)31(26,5)40-32;1-24(2)19-14-20(24)25(3)21(15-19)30-26(31-25)22(13-17-9-5-4-6-10-17)28-23(29)27-16-18-11-7-8-12-18;1-5(2)3-6(4-8)7(9)10/h7-9,11-12,15,20,22-23,25-27H,10,13-14,16-19H2,1-5H3,(H2,34,35,38);4-6,9-10,18-22H,7-8,11-16H2,1-3H3,(H2,27,28,29);3,5H,1-2H3,(H,9,10)/t22-,23-,25-,26+,27-,31-;19-,20-,21+,22-,25-;/m00./s1. The zero-order chi connectivity index (χ0) is 58.4. The lowest BCUT2D eigenvalue weighted by Crippen LogP contribution is -2.65. The molecule has 3 saturated heterocycles. The van der Waals surface area contributed by atoms with Crippen LogP contribution in [0.2, 0.25) is 0 Å². The van der Waals surface area contributed by atoms with Crippen LogP contribution in [0.25, 0.3) is 4.85 Å². The van der Waals surface area contributed by atoms with E-state index in [1.54, 1.807) is 17.0 Å². The fraction of sp³-hybridized carbons (Fsp3) is 0.651. The van der Waals surface area contributed by atoms with Gasteiger partial charge in [0.15, 0.2) is 0 Å². The van der Waals surface area contributed by atoms with Gasteiger partial charge in [-0.1, -0.05) is 141 Å². The maximum Gasteiger partial charge on any atom is 0.482 e. The summed E-state index contributed by atoms with van der Waals surface area (Å²) < 4.78 is 26.5. The van der Waals surface area contributed by atoms with Crippen molar-refractivity contribution in [3.8, 4) is 6.07 Å². The second kappa shape index (κ2) is 25.9. The van der Waals surface area contributed by atoms with E-state index in [1.807, 2.05) is 64.1 Å². The van der Waals surface area contributed by atoms with Gasteiger partial charge in [0.1, 0.15) is 11.6 Å². The van der Waals surface area contributed by atoms with Gasteiger partial charge >= 0.3 is 32.3 Å².